The molecule has 94 valence electrons. The minimum Gasteiger partial charge on any atom is -0.377 e. The van der Waals surface area contributed by atoms with E-state index in [1.165, 1.54) is 6.20 Å². The summed E-state index contributed by atoms with van der Waals surface area (Å²) in [7, 11) is 1.79. The van der Waals surface area contributed by atoms with Gasteiger partial charge in [-0.3, -0.25) is 4.68 Å². The zero-order chi connectivity index (χ0) is 11.5. The number of aromatic nitrogens is 4. The average Bonchev–Trinajstić information content (AvgIpc) is 2.83. The van der Waals surface area contributed by atoms with Crippen molar-refractivity contribution >= 4 is 18.1 Å². The van der Waals surface area contributed by atoms with Gasteiger partial charge < -0.3 is 5.32 Å². The lowest BCUT2D eigenvalue weighted by atomic mass is 10.4. The molecule has 0 aliphatic heterocycles. The fourth-order valence-corrected chi connectivity index (χ4v) is 1.36. The predicted octanol–water partition coefficient (Wildman–Crippen LogP) is 2.05. The average molecular weight is 264 g/mol. The molecule has 0 aromatic carbocycles. The summed E-state index contributed by atoms with van der Waals surface area (Å²) in [4.78, 5) is 0. The van der Waals surface area contributed by atoms with Crippen LogP contribution in [-0.4, -0.2) is 19.6 Å². The fraction of sp³-hybridized carbons (Fsp3) is 0.333. The van der Waals surface area contributed by atoms with Gasteiger partial charge in [0.1, 0.15) is 0 Å². The van der Waals surface area contributed by atoms with Crippen LogP contribution in [0.15, 0.2) is 24.7 Å². The molecule has 0 unspecified atom stereocenters. The summed E-state index contributed by atoms with van der Waals surface area (Å²) in [5.41, 5.74) is 1.21. The van der Waals surface area contributed by atoms with E-state index in [1.807, 2.05) is 0 Å². The van der Waals surface area contributed by atoms with Crippen LogP contribution < -0.4 is 5.32 Å². The van der Waals surface area contributed by atoms with Crippen molar-refractivity contribution in [1.29, 1.82) is 0 Å². The van der Waals surface area contributed by atoms with Gasteiger partial charge in [0.25, 0.3) is 0 Å². The number of hydrogen-bond acceptors (Lipinski definition) is 3. The molecule has 5 nitrogen and oxygen atoms in total. The lowest BCUT2D eigenvalue weighted by molar-refractivity contribution is 0.0537. The van der Waals surface area contributed by atoms with Gasteiger partial charge in [0.2, 0.25) is 0 Å². The van der Waals surface area contributed by atoms with Crippen LogP contribution in [-0.2, 0) is 13.6 Å². The highest BCUT2D eigenvalue weighted by Crippen LogP contribution is 2.13. The van der Waals surface area contributed by atoms with Crippen molar-refractivity contribution in [3.63, 3.8) is 0 Å². The quantitative estimate of drug-likeness (QED) is 0.918. The van der Waals surface area contributed by atoms with Crippen LogP contribution in [0.1, 0.15) is 12.2 Å². The second-order valence-electron chi connectivity index (χ2n) is 3.30. The van der Waals surface area contributed by atoms with Crippen molar-refractivity contribution in [3.8, 4) is 0 Å². The third-order valence-corrected chi connectivity index (χ3v) is 2.12. The van der Waals surface area contributed by atoms with Crippen LogP contribution in [0.2, 0.25) is 0 Å². The van der Waals surface area contributed by atoms with E-state index in [9.17, 15) is 8.78 Å². The van der Waals surface area contributed by atoms with Crippen molar-refractivity contribution in [2.45, 2.75) is 13.1 Å². The number of alkyl halides is 2. The molecule has 1 N–H and O–H groups in total. The molecule has 0 bridgehead atoms. The molecule has 8 heteroatoms. The Hall–Kier alpha value is -1.63. The van der Waals surface area contributed by atoms with E-state index >= 15 is 0 Å². The molecular weight excluding hydrogens is 252 g/mol. The molecule has 0 amide bonds. The van der Waals surface area contributed by atoms with Crippen LogP contribution in [0.4, 0.5) is 14.5 Å². The van der Waals surface area contributed by atoms with Crippen LogP contribution in [0.3, 0.4) is 0 Å². The van der Waals surface area contributed by atoms with Crippen molar-refractivity contribution in [1.82, 2.24) is 19.6 Å². The van der Waals surface area contributed by atoms with Gasteiger partial charge >= 0.3 is 6.55 Å². The summed E-state index contributed by atoms with van der Waals surface area (Å²) in [6.45, 7) is -2.32. The minimum atomic E-state index is -2.61. The van der Waals surface area contributed by atoms with E-state index in [4.69, 9.17) is 0 Å². The fourth-order valence-electron chi connectivity index (χ4n) is 1.36. The number of aryl methyl sites for hydroxylation is 1. The highest BCUT2D eigenvalue weighted by Gasteiger charge is 2.11. The van der Waals surface area contributed by atoms with Gasteiger partial charge in [-0.05, 0) is 6.07 Å². The molecule has 2 heterocycles. The van der Waals surface area contributed by atoms with Gasteiger partial charge in [0.05, 0.1) is 24.1 Å². The molecule has 0 fully saturated rings. The molecule has 0 atom stereocenters. The van der Waals surface area contributed by atoms with Crippen LogP contribution in [0.5, 0.6) is 0 Å². The maximum absolute atomic E-state index is 12.4. The zero-order valence-electron chi connectivity index (χ0n) is 9.05. The minimum absolute atomic E-state index is 0. The predicted molar refractivity (Wildman–Crippen MR) is 61.3 cm³/mol. The van der Waals surface area contributed by atoms with Gasteiger partial charge in [-0.1, -0.05) is 0 Å². The summed E-state index contributed by atoms with van der Waals surface area (Å²) >= 11 is 0. The Morgan fingerprint density at radius 3 is 2.76 bits per heavy atom. The summed E-state index contributed by atoms with van der Waals surface area (Å²) < 4.78 is 27.2. The largest absolute Gasteiger partial charge is 0.377 e. The lowest BCUT2D eigenvalue weighted by Gasteiger charge is -2.06. The Labute approximate surface area is 103 Å². The Balaban J connectivity index is 0.00000144. The van der Waals surface area contributed by atoms with Gasteiger partial charge in [-0.25, -0.2) is 4.68 Å². The Kier molecular flexibility index (Phi) is 4.45. The number of hydrogen-bond donors (Lipinski definition) is 1. The molecule has 0 radical (unpaired) electrons. The first-order valence-corrected chi connectivity index (χ1v) is 4.70. The number of halogens is 3. The van der Waals surface area contributed by atoms with E-state index in [0.717, 1.165) is 5.69 Å². The molecular formula is C9H12ClF2N5. The first kappa shape index (κ1) is 13.4. The van der Waals surface area contributed by atoms with E-state index in [2.05, 4.69) is 15.5 Å². The molecule has 2 aromatic heterocycles. The molecule has 0 aliphatic rings. The van der Waals surface area contributed by atoms with Crippen molar-refractivity contribution in [2.24, 2.45) is 7.05 Å². The van der Waals surface area contributed by atoms with E-state index < -0.39 is 6.55 Å². The maximum Gasteiger partial charge on any atom is 0.333 e. The summed E-state index contributed by atoms with van der Waals surface area (Å²) in [5.74, 6) is 0. The molecule has 2 aromatic rings. The second kappa shape index (κ2) is 5.62. The van der Waals surface area contributed by atoms with Gasteiger partial charge in [0.15, 0.2) is 0 Å². The molecule has 0 saturated heterocycles. The highest BCUT2D eigenvalue weighted by molar-refractivity contribution is 5.85. The van der Waals surface area contributed by atoms with Gasteiger partial charge in [-0.15, -0.1) is 12.4 Å². The van der Waals surface area contributed by atoms with E-state index in [-0.39, 0.29) is 19.0 Å². The Morgan fingerprint density at radius 1 is 1.41 bits per heavy atom. The van der Waals surface area contributed by atoms with Gasteiger partial charge in [-0.2, -0.15) is 19.0 Å². The standard InChI is InChI=1S/C9H11F2N5.ClH/c1-15-6-7(4-14-15)12-5-8-2-3-13-16(8)9(10)11;/h2-4,6,9,12H,5H2,1H3;1H. The SMILES string of the molecule is Cl.Cn1cc(NCc2ccnn2C(F)F)cn1. The maximum atomic E-state index is 12.4. The van der Waals surface area contributed by atoms with Gasteiger partial charge in [0, 0.05) is 19.4 Å². The van der Waals surface area contributed by atoms with E-state index in [0.29, 0.717) is 10.4 Å². The van der Waals surface area contributed by atoms with Crippen molar-refractivity contribution in [2.75, 3.05) is 5.32 Å². The molecule has 17 heavy (non-hydrogen) atoms. The zero-order valence-corrected chi connectivity index (χ0v) is 9.86. The number of rotatable bonds is 4. The number of nitrogens with zero attached hydrogens (tertiary/aromatic N) is 4. The number of anilines is 1. The van der Waals surface area contributed by atoms with Crippen molar-refractivity contribution in [3.05, 3.63) is 30.4 Å². The van der Waals surface area contributed by atoms with E-state index in [1.54, 1.807) is 30.2 Å². The molecule has 0 aliphatic carbocycles. The summed E-state index contributed by atoms with van der Waals surface area (Å²) in [5, 5.41) is 10.5. The first-order valence-electron chi connectivity index (χ1n) is 4.70. The number of nitrogens with one attached hydrogen (secondary N) is 1. The molecule has 0 spiro atoms. The highest BCUT2D eigenvalue weighted by atomic mass is 35.5. The van der Waals surface area contributed by atoms with Crippen LogP contribution >= 0.6 is 12.4 Å². The normalized spacial score (nSPS) is 10.4. The Morgan fingerprint density at radius 2 is 2.18 bits per heavy atom. The second-order valence-corrected chi connectivity index (χ2v) is 3.30. The van der Waals surface area contributed by atoms with Crippen LogP contribution in [0, 0.1) is 0 Å². The smallest absolute Gasteiger partial charge is 0.333 e. The monoisotopic (exact) mass is 263 g/mol. The summed E-state index contributed by atoms with van der Waals surface area (Å²) in [6, 6.07) is 1.55. The molecule has 2 rings (SSSR count). The topological polar surface area (TPSA) is 47.7 Å². The third kappa shape index (κ3) is 3.16. The third-order valence-electron chi connectivity index (χ3n) is 2.12. The lowest BCUT2D eigenvalue weighted by Crippen LogP contribution is -2.09. The van der Waals surface area contributed by atoms with Crippen molar-refractivity contribution < 1.29 is 8.78 Å². The first-order chi connectivity index (χ1) is 7.66. The Bertz CT molecular complexity index is 467. The molecule has 0 saturated carbocycles. The van der Waals surface area contributed by atoms with Crippen LogP contribution in [0.25, 0.3) is 0 Å². The summed E-state index contributed by atoms with van der Waals surface area (Å²) in [6.07, 6.45) is 4.75.